The molecule has 2 rings (SSSR count). The van der Waals surface area contributed by atoms with E-state index in [0.717, 1.165) is 0 Å². The van der Waals surface area contributed by atoms with Gasteiger partial charge in [-0.25, -0.2) is 8.42 Å². The molecular weight excluding hydrogens is 310 g/mol. The number of nitrogens with two attached hydrogens (primary N) is 1. The quantitative estimate of drug-likeness (QED) is 0.849. The zero-order valence-electron chi connectivity index (χ0n) is 11.1. The molecular formula is C14H12ClN3O2S. The molecule has 7 heteroatoms. The smallest absolute Gasteiger partial charge is 0.262 e. The summed E-state index contributed by atoms with van der Waals surface area (Å²) in [4.78, 5) is -0.00496. The number of rotatable bonds is 3. The minimum absolute atomic E-state index is 0.00496. The molecule has 0 fully saturated rings. The Kier molecular flexibility index (Phi) is 4.07. The Morgan fingerprint density at radius 3 is 2.57 bits per heavy atom. The van der Waals surface area contributed by atoms with Crippen molar-refractivity contribution in [3.63, 3.8) is 0 Å². The summed E-state index contributed by atoms with van der Waals surface area (Å²) in [6.07, 6.45) is 0. The molecule has 0 aliphatic rings. The molecule has 0 aliphatic heterocycles. The van der Waals surface area contributed by atoms with E-state index in [1.807, 2.05) is 6.07 Å². The molecule has 2 aromatic carbocycles. The van der Waals surface area contributed by atoms with Crippen LogP contribution in [0.15, 0.2) is 41.3 Å². The van der Waals surface area contributed by atoms with Crippen molar-refractivity contribution in [2.24, 2.45) is 0 Å². The van der Waals surface area contributed by atoms with Gasteiger partial charge in [-0.15, -0.1) is 0 Å². The first-order valence-electron chi connectivity index (χ1n) is 5.92. The van der Waals surface area contributed by atoms with Crippen molar-refractivity contribution in [3.8, 4) is 6.07 Å². The lowest BCUT2D eigenvalue weighted by atomic mass is 10.2. The van der Waals surface area contributed by atoms with Gasteiger partial charge in [0, 0.05) is 0 Å². The van der Waals surface area contributed by atoms with E-state index in [1.54, 1.807) is 19.1 Å². The Morgan fingerprint density at radius 2 is 1.95 bits per heavy atom. The van der Waals surface area contributed by atoms with Crippen LogP contribution in [-0.4, -0.2) is 8.42 Å². The van der Waals surface area contributed by atoms with Crippen LogP contribution in [0, 0.1) is 18.3 Å². The first-order chi connectivity index (χ1) is 9.85. The van der Waals surface area contributed by atoms with E-state index < -0.39 is 10.0 Å². The summed E-state index contributed by atoms with van der Waals surface area (Å²) >= 11 is 5.92. The lowest BCUT2D eigenvalue weighted by Gasteiger charge is -2.11. The first kappa shape index (κ1) is 15.2. The van der Waals surface area contributed by atoms with Gasteiger partial charge in [-0.1, -0.05) is 23.7 Å². The molecule has 0 saturated heterocycles. The number of aryl methyl sites for hydroxylation is 1. The van der Waals surface area contributed by atoms with Gasteiger partial charge in [0.25, 0.3) is 10.0 Å². The molecule has 0 heterocycles. The average Bonchev–Trinajstić information content (AvgIpc) is 2.44. The van der Waals surface area contributed by atoms with E-state index in [9.17, 15) is 8.42 Å². The van der Waals surface area contributed by atoms with Crippen molar-refractivity contribution in [1.82, 2.24) is 0 Å². The predicted molar refractivity (Wildman–Crippen MR) is 82.6 cm³/mol. The zero-order chi connectivity index (χ0) is 15.6. The molecule has 0 saturated carbocycles. The number of sulfonamides is 1. The normalized spacial score (nSPS) is 10.9. The molecule has 108 valence electrons. The van der Waals surface area contributed by atoms with Gasteiger partial charge in [-0.2, -0.15) is 5.26 Å². The van der Waals surface area contributed by atoms with Crippen LogP contribution in [0.25, 0.3) is 0 Å². The van der Waals surface area contributed by atoms with Crippen molar-refractivity contribution < 1.29 is 8.42 Å². The highest BCUT2D eigenvalue weighted by molar-refractivity contribution is 7.92. The van der Waals surface area contributed by atoms with Crippen LogP contribution in [0.4, 0.5) is 11.4 Å². The standard InChI is InChI=1S/C14H12ClN3O2S/c1-9-6-11(7-12(17)14(9)15)21(19,20)18-13-5-3-2-4-10(13)8-16/h2-7,18H,17H2,1H3. The third-order valence-corrected chi connectivity index (χ3v) is 4.72. The van der Waals surface area contributed by atoms with E-state index in [1.165, 1.54) is 24.3 Å². The number of nitrogens with zero attached hydrogens (tertiary/aromatic N) is 1. The largest absolute Gasteiger partial charge is 0.397 e. The summed E-state index contributed by atoms with van der Waals surface area (Å²) in [5, 5.41) is 9.31. The van der Waals surface area contributed by atoms with Crippen LogP contribution >= 0.6 is 11.6 Å². The number of hydrogen-bond acceptors (Lipinski definition) is 4. The van der Waals surface area contributed by atoms with E-state index in [-0.39, 0.29) is 21.8 Å². The van der Waals surface area contributed by atoms with Crippen molar-refractivity contribution in [3.05, 3.63) is 52.5 Å². The fourth-order valence-electron chi connectivity index (χ4n) is 1.79. The second kappa shape index (κ2) is 5.64. The highest BCUT2D eigenvalue weighted by atomic mass is 35.5. The Bertz CT molecular complexity index is 819. The maximum atomic E-state index is 12.4. The van der Waals surface area contributed by atoms with Gasteiger partial charge in [0.15, 0.2) is 0 Å². The van der Waals surface area contributed by atoms with E-state index in [2.05, 4.69) is 4.72 Å². The van der Waals surface area contributed by atoms with Crippen molar-refractivity contribution in [2.45, 2.75) is 11.8 Å². The molecule has 5 nitrogen and oxygen atoms in total. The maximum absolute atomic E-state index is 12.4. The molecule has 0 atom stereocenters. The Balaban J connectivity index is 2.47. The lowest BCUT2D eigenvalue weighted by molar-refractivity contribution is 0.601. The monoisotopic (exact) mass is 321 g/mol. The zero-order valence-corrected chi connectivity index (χ0v) is 12.7. The lowest BCUT2D eigenvalue weighted by Crippen LogP contribution is -2.14. The molecule has 0 aliphatic carbocycles. The Hall–Kier alpha value is -2.23. The Labute approximate surface area is 128 Å². The fourth-order valence-corrected chi connectivity index (χ4v) is 3.10. The summed E-state index contributed by atoms with van der Waals surface area (Å²) < 4.78 is 27.1. The number of nitriles is 1. The summed E-state index contributed by atoms with van der Waals surface area (Å²) in [6, 6.07) is 11.0. The number of hydrogen-bond donors (Lipinski definition) is 2. The minimum atomic E-state index is -3.85. The van der Waals surface area contributed by atoms with Gasteiger partial charge in [0.1, 0.15) is 6.07 Å². The molecule has 0 radical (unpaired) electrons. The molecule has 2 aromatic rings. The number of benzene rings is 2. The number of para-hydroxylation sites is 1. The SMILES string of the molecule is Cc1cc(S(=O)(=O)Nc2ccccc2C#N)cc(N)c1Cl. The third kappa shape index (κ3) is 3.10. The molecule has 21 heavy (non-hydrogen) atoms. The van der Waals surface area contributed by atoms with Crippen LogP contribution in [0.2, 0.25) is 5.02 Å². The summed E-state index contributed by atoms with van der Waals surface area (Å²) in [5.41, 5.74) is 6.89. The number of halogens is 1. The van der Waals surface area contributed by atoms with Gasteiger partial charge in [0.2, 0.25) is 0 Å². The number of nitrogen functional groups attached to an aromatic ring is 1. The van der Waals surface area contributed by atoms with Crippen LogP contribution < -0.4 is 10.5 Å². The van der Waals surface area contributed by atoms with Crippen molar-refractivity contribution in [2.75, 3.05) is 10.5 Å². The van der Waals surface area contributed by atoms with Gasteiger partial charge in [0.05, 0.1) is 26.9 Å². The minimum Gasteiger partial charge on any atom is -0.397 e. The van der Waals surface area contributed by atoms with Gasteiger partial charge in [-0.3, -0.25) is 4.72 Å². The molecule has 0 aromatic heterocycles. The fraction of sp³-hybridized carbons (Fsp3) is 0.0714. The molecule has 0 bridgehead atoms. The van der Waals surface area contributed by atoms with Crippen LogP contribution in [0.3, 0.4) is 0 Å². The van der Waals surface area contributed by atoms with Gasteiger partial charge < -0.3 is 5.73 Å². The Morgan fingerprint density at radius 1 is 1.29 bits per heavy atom. The summed E-state index contributed by atoms with van der Waals surface area (Å²) in [5.74, 6) is 0. The maximum Gasteiger partial charge on any atom is 0.262 e. The van der Waals surface area contributed by atoms with E-state index >= 15 is 0 Å². The highest BCUT2D eigenvalue weighted by Crippen LogP contribution is 2.28. The highest BCUT2D eigenvalue weighted by Gasteiger charge is 2.18. The average molecular weight is 322 g/mol. The van der Waals surface area contributed by atoms with Gasteiger partial charge >= 0.3 is 0 Å². The number of nitrogens with one attached hydrogen (secondary N) is 1. The van der Waals surface area contributed by atoms with Crippen molar-refractivity contribution >= 4 is 33.0 Å². The van der Waals surface area contributed by atoms with E-state index in [0.29, 0.717) is 10.6 Å². The van der Waals surface area contributed by atoms with Crippen LogP contribution in [0.1, 0.15) is 11.1 Å². The number of anilines is 2. The third-order valence-electron chi connectivity index (χ3n) is 2.86. The topological polar surface area (TPSA) is 96.0 Å². The van der Waals surface area contributed by atoms with Crippen LogP contribution in [-0.2, 0) is 10.0 Å². The first-order valence-corrected chi connectivity index (χ1v) is 7.79. The second-order valence-electron chi connectivity index (χ2n) is 4.41. The second-order valence-corrected chi connectivity index (χ2v) is 6.47. The molecule has 3 N–H and O–H groups in total. The summed E-state index contributed by atoms with van der Waals surface area (Å²) in [6.45, 7) is 1.67. The van der Waals surface area contributed by atoms with Crippen LogP contribution in [0.5, 0.6) is 0 Å². The molecule has 0 spiro atoms. The predicted octanol–water partition coefficient (Wildman–Crippen LogP) is 2.90. The van der Waals surface area contributed by atoms with E-state index in [4.69, 9.17) is 22.6 Å². The summed E-state index contributed by atoms with van der Waals surface area (Å²) in [7, 11) is -3.85. The molecule has 0 unspecified atom stereocenters. The van der Waals surface area contributed by atoms with Gasteiger partial charge in [-0.05, 0) is 36.8 Å². The molecule has 0 amide bonds. The van der Waals surface area contributed by atoms with Crippen molar-refractivity contribution in [1.29, 1.82) is 5.26 Å².